The number of carbonyl (C=O) groups is 1. The van der Waals surface area contributed by atoms with Crippen molar-refractivity contribution >= 4 is 18.8 Å². The summed E-state index contributed by atoms with van der Waals surface area (Å²) in [5.41, 5.74) is 0.759. The molecule has 8 heteroatoms. The lowest BCUT2D eigenvalue weighted by molar-refractivity contribution is -0.115. The largest absolute Gasteiger partial charge is 0.673 e. The van der Waals surface area contributed by atoms with Gasteiger partial charge in [0.15, 0.2) is 0 Å². The van der Waals surface area contributed by atoms with Crippen LogP contribution in [0.25, 0.3) is 0 Å². The number of rotatable bonds is 3. The van der Waals surface area contributed by atoms with Crippen molar-refractivity contribution in [1.29, 1.82) is 0 Å². The number of methoxy groups -OCH3 is 1. The molecule has 1 N–H and O–H groups in total. The maximum Gasteiger partial charge on any atom is 0.673 e. The molecule has 3 nitrogen and oxygen atoms in total. The topological polar surface area (TPSA) is 38.3 Å². The van der Waals surface area contributed by atoms with Crippen LogP contribution in [0.4, 0.5) is 23.0 Å². The van der Waals surface area contributed by atoms with Gasteiger partial charge in [0.05, 0.1) is 7.11 Å². The van der Waals surface area contributed by atoms with Crippen molar-refractivity contribution in [1.82, 2.24) is 0 Å². The quantitative estimate of drug-likeness (QED) is 0.673. The van der Waals surface area contributed by atoms with Gasteiger partial charge in [-0.15, -0.1) is 0 Å². The van der Waals surface area contributed by atoms with E-state index < -0.39 is 7.25 Å². The van der Waals surface area contributed by atoms with Crippen LogP contribution in [0.5, 0.6) is 5.75 Å². The summed E-state index contributed by atoms with van der Waals surface area (Å²) in [6.07, 6.45) is 0.242. The molecule has 0 aliphatic heterocycles. The average molecular weight is 265 g/mol. The van der Waals surface area contributed by atoms with Crippen LogP contribution in [0.15, 0.2) is 24.3 Å². The second-order valence-electron chi connectivity index (χ2n) is 3.02. The van der Waals surface area contributed by atoms with Gasteiger partial charge >= 0.3 is 7.25 Å². The van der Waals surface area contributed by atoms with E-state index in [1.165, 1.54) is 0 Å². The van der Waals surface area contributed by atoms with Gasteiger partial charge in [0, 0.05) is 12.1 Å². The van der Waals surface area contributed by atoms with E-state index in [0.717, 1.165) is 11.4 Å². The van der Waals surface area contributed by atoms with Crippen LogP contribution in [0, 0.1) is 6.92 Å². The SMILES string of the molecule is F[B-](F)(F)F.[CH2]CC(=O)Nc1ccc(OC)cc1. The zero-order chi connectivity index (χ0) is 14.2. The Morgan fingerprint density at radius 3 is 2.06 bits per heavy atom. The maximum atomic E-state index is 10.9. The fourth-order valence-corrected chi connectivity index (χ4v) is 0.898. The lowest BCUT2D eigenvalue weighted by Crippen LogP contribution is -2.09. The molecule has 0 fully saturated rings. The number of hydrogen-bond donors (Lipinski definition) is 1. The third-order valence-corrected chi connectivity index (χ3v) is 1.60. The predicted octanol–water partition coefficient (Wildman–Crippen LogP) is 3.16. The van der Waals surface area contributed by atoms with Crippen LogP contribution in [-0.4, -0.2) is 20.3 Å². The number of nitrogens with one attached hydrogen (secondary N) is 1. The molecule has 0 aliphatic rings. The Morgan fingerprint density at radius 1 is 1.28 bits per heavy atom. The van der Waals surface area contributed by atoms with Gasteiger partial charge in [0.25, 0.3) is 0 Å². The number of hydrogen-bond acceptors (Lipinski definition) is 2. The number of benzene rings is 1. The van der Waals surface area contributed by atoms with Gasteiger partial charge in [-0.3, -0.25) is 4.79 Å². The van der Waals surface area contributed by atoms with Gasteiger partial charge in [-0.25, -0.2) is 0 Å². The predicted molar refractivity (Wildman–Crippen MR) is 61.8 cm³/mol. The third kappa shape index (κ3) is 9.50. The average Bonchev–Trinajstić information content (AvgIpc) is 2.27. The molecule has 1 aromatic carbocycles. The molecule has 101 valence electrons. The Morgan fingerprint density at radius 2 is 1.72 bits per heavy atom. The van der Waals surface area contributed by atoms with Crippen molar-refractivity contribution in [3.8, 4) is 5.75 Å². The smallest absolute Gasteiger partial charge is 0.497 e. The fraction of sp³-hybridized carbons (Fsp3) is 0.200. The van der Waals surface area contributed by atoms with E-state index in [9.17, 15) is 22.1 Å². The van der Waals surface area contributed by atoms with Crippen LogP contribution in [-0.2, 0) is 4.79 Å². The molecule has 18 heavy (non-hydrogen) atoms. The normalized spacial score (nSPS) is 10.1. The summed E-state index contributed by atoms with van der Waals surface area (Å²) in [7, 11) is -4.40. The first-order chi connectivity index (χ1) is 8.26. The first kappa shape index (κ1) is 16.3. The third-order valence-electron chi connectivity index (χ3n) is 1.60. The highest BCUT2D eigenvalue weighted by Crippen LogP contribution is 2.14. The molecule has 1 radical (unpaired) electrons. The van der Waals surface area contributed by atoms with Crippen molar-refractivity contribution in [2.45, 2.75) is 6.42 Å². The van der Waals surface area contributed by atoms with Gasteiger partial charge in [-0.1, -0.05) is 0 Å². The zero-order valence-electron chi connectivity index (χ0n) is 9.63. The van der Waals surface area contributed by atoms with Gasteiger partial charge in [0.2, 0.25) is 5.91 Å². The number of anilines is 1. The van der Waals surface area contributed by atoms with E-state index in [1.54, 1.807) is 31.4 Å². The lowest BCUT2D eigenvalue weighted by Gasteiger charge is -2.04. The molecule has 0 unspecified atom stereocenters. The first-order valence-electron chi connectivity index (χ1n) is 4.86. The fourth-order valence-electron chi connectivity index (χ4n) is 0.898. The Kier molecular flexibility index (Phi) is 6.85. The van der Waals surface area contributed by atoms with Crippen molar-refractivity contribution in [2.75, 3.05) is 12.4 Å². The van der Waals surface area contributed by atoms with Gasteiger partial charge in [0.1, 0.15) is 5.75 Å². The molecule has 0 aliphatic carbocycles. The summed E-state index contributed by atoms with van der Waals surface area (Å²) >= 11 is 0. The molecule has 0 spiro atoms. The molecular formula is C10H12BF4NO2-. The molecule has 0 saturated heterocycles. The summed E-state index contributed by atoms with van der Waals surface area (Å²) in [5, 5.41) is 2.69. The number of carbonyl (C=O) groups excluding carboxylic acids is 1. The molecule has 0 bridgehead atoms. The molecule has 0 saturated carbocycles. The van der Waals surface area contributed by atoms with E-state index >= 15 is 0 Å². The molecule has 1 amide bonds. The zero-order valence-corrected chi connectivity index (χ0v) is 9.63. The first-order valence-corrected chi connectivity index (χ1v) is 4.86. The molecule has 0 aromatic heterocycles. The van der Waals surface area contributed by atoms with Gasteiger partial charge in [-0.2, -0.15) is 0 Å². The molecule has 0 atom stereocenters. The highest BCUT2D eigenvalue weighted by atomic mass is 19.5. The van der Waals surface area contributed by atoms with Crippen molar-refractivity contribution in [3.63, 3.8) is 0 Å². The van der Waals surface area contributed by atoms with Crippen LogP contribution >= 0.6 is 0 Å². The van der Waals surface area contributed by atoms with E-state index in [0.29, 0.717) is 0 Å². The van der Waals surface area contributed by atoms with Crippen LogP contribution in [0.2, 0.25) is 0 Å². The van der Waals surface area contributed by atoms with Crippen molar-refractivity contribution < 1.29 is 26.8 Å². The van der Waals surface area contributed by atoms with Crippen LogP contribution in [0.3, 0.4) is 0 Å². The summed E-state index contributed by atoms with van der Waals surface area (Å²) in [5.74, 6) is 0.679. The molecule has 0 heterocycles. The van der Waals surface area contributed by atoms with Crippen LogP contribution in [0.1, 0.15) is 6.42 Å². The van der Waals surface area contributed by atoms with Crippen LogP contribution < -0.4 is 10.1 Å². The highest BCUT2D eigenvalue weighted by molar-refractivity contribution is 6.50. The van der Waals surface area contributed by atoms with E-state index in [2.05, 4.69) is 12.2 Å². The summed E-state index contributed by atoms with van der Waals surface area (Å²) < 4.78 is 44.0. The van der Waals surface area contributed by atoms with E-state index in [4.69, 9.17) is 4.74 Å². The molecule has 1 rings (SSSR count). The summed E-state index contributed by atoms with van der Waals surface area (Å²) in [6.45, 7) is 3.48. The summed E-state index contributed by atoms with van der Waals surface area (Å²) in [4.78, 5) is 10.9. The number of amides is 1. The Hall–Kier alpha value is -1.73. The Balaban J connectivity index is 0.000000494. The van der Waals surface area contributed by atoms with Crippen molar-refractivity contribution in [3.05, 3.63) is 31.2 Å². The Labute approximate surface area is 102 Å². The number of ether oxygens (including phenoxy) is 1. The standard InChI is InChI=1S/C10H12NO2.BF4/c1-3-10(12)11-8-4-6-9(13-2)7-5-8;2-1(3,4)5/h4-7H,1,3H2,2H3,(H,11,12);/q;-1. The second kappa shape index (κ2) is 7.57. The van der Waals surface area contributed by atoms with Gasteiger partial charge < -0.3 is 27.3 Å². The van der Waals surface area contributed by atoms with Crippen molar-refractivity contribution in [2.24, 2.45) is 0 Å². The minimum absolute atomic E-state index is 0.0924. The molecule has 1 aromatic rings. The minimum Gasteiger partial charge on any atom is -0.497 e. The second-order valence-corrected chi connectivity index (χ2v) is 3.02. The summed E-state index contributed by atoms with van der Waals surface area (Å²) in [6, 6.07) is 7.15. The van der Waals surface area contributed by atoms with E-state index in [1.807, 2.05) is 0 Å². The minimum atomic E-state index is -6.00. The monoisotopic (exact) mass is 265 g/mol. The molecular weight excluding hydrogens is 253 g/mol. The Bertz CT molecular complexity index is 361. The maximum absolute atomic E-state index is 10.9. The lowest BCUT2D eigenvalue weighted by atomic mass is 10.3. The number of halogens is 4. The van der Waals surface area contributed by atoms with Gasteiger partial charge in [-0.05, 0) is 31.2 Å². The van der Waals surface area contributed by atoms with E-state index in [-0.39, 0.29) is 12.3 Å². The highest BCUT2D eigenvalue weighted by Gasteiger charge is 2.20.